The Bertz CT molecular complexity index is 1100. The lowest BCUT2D eigenvalue weighted by atomic mass is 9.86. The highest BCUT2D eigenvalue weighted by atomic mass is 79.9. The average Bonchev–Trinajstić information content (AvgIpc) is 2.75. The standard InChI is InChI=1S/C22H19BrClN3O2S/c1-13-3-5-15(8-19(13)24)26-11-27-21(28)9-16(18(10-25)22(27)30-12-26)17-7-14(23)4-6-20(17)29-2/h3-8,16H,9,11-12H2,1-2H3. The molecule has 0 spiro atoms. The van der Waals surface area contributed by atoms with Crippen LogP contribution in [0.25, 0.3) is 0 Å². The number of hydrogen-bond donors (Lipinski definition) is 0. The molecule has 2 aromatic carbocycles. The molecule has 5 nitrogen and oxygen atoms in total. The molecule has 1 unspecified atom stereocenters. The lowest BCUT2D eigenvalue weighted by molar-refractivity contribution is -0.129. The van der Waals surface area contributed by atoms with Crippen molar-refractivity contribution >= 4 is 50.9 Å². The third kappa shape index (κ3) is 3.80. The lowest BCUT2D eigenvalue weighted by Gasteiger charge is -2.42. The molecule has 1 fully saturated rings. The fourth-order valence-electron chi connectivity index (χ4n) is 3.75. The molecular weight excluding hydrogens is 486 g/mol. The zero-order valence-corrected chi connectivity index (χ0v) is 19.6. The van der Waals surface area contributed by atoms with Gasteiger partial charge in [-0.3, -0.25) is 9.69 Å². The number of allylic oxidation sites excluding steroid dienone is 1. The number of anilines is 1. The minimum atomic E-state index is -0.325. The molecular formula is C22H19BrClN3O2S. The molecule has 4 rings (SSSR count). The van der Waals surface area contributed by atoms with Crippen molar-refractivity contribution in [1.82, 2.24) is 4.90 Å². The van der Waals surface area contributed by atoms with Gasteiger partial charge in [-0.05, 0) is 42.8 Å². The van der Waals surface area contributed by atoms with E-state index in [9.17, 15) is 10.1 Å². The van der Waals surface area contributed by atoms with E-state index in [2.05, 4.69) is 26.9 Å². The largest absolute Gasteiger partial charge is 0.496 e. The Morgan fingerprint density at radius 3 is 2.80 bits per heavy atom. The predicted octanol–water partition coefficient (Wildman–Crippen LogP) is 5.64. The molecule has 0 bridgehead atoms. The topological polar surface area (TPSA) is 56.6 Å². The molecule has 154 valence electrons. The Labute approximate surface area is 193 Å². The second-order valence-corrected chi connectivity index (χ2v) is 9.44. The summed E-state index contributed by atoms with van der Waals surface area (Å²) in [5.74, 6) is 0.974. The van der Waals surface area contributed by atoms with Crippen LogP contribution in [-0.2, 0) is 4.79 Å². The van der Waals surface area contributed by atoms with Gasteiger partial charge in [0.05, 0.1) is 36.3 Å². The summed E-state index contributed by atoms with van der Waals surface area (Å²) in [5.41, 5.74) is 3.42. The van der Waals surface area contributed by atoms with Gasteiger partial charge < -0.3 is 9.64 Å². The van der Waals surface area contributed by atoms with Crippen molar-refractivity contribution < 1.29 is 9.53 Å². The maximum atomic E-state index is 13.1. The number of thioether (sulfide) groups is 1. The Morgan fingerprint density at radius 2 is 2.10 bits per heavy atom. The number of fused-ring (bicyclic) bond motifs is 1. The monoisotopic (exact) mass is 503 g/mol. The first-order valence-corrected chi connectivity index (χ1v) is 11.5. The molecule has 1 amide bonds. The van der Waals surface area contributed by atoms with Crippen LogP contribution < -0.4 is 9.64 Å². The minimum absolute atomic E-state index is 0.00793. The van der Waals surface area contributed by atoms with Crippen molar-refractivity contribution in [3.05, 3.63) is 67.6 Å². The van der Waals surface area contributed by atoms with Gasteiger partial charge in [0.2, 0.25) is 5.91 Å². The van der Waals surface area contributed by atoms with Gasteiger partial charge in [0, 0.05) is 33.1 Å². The summed E-state index contributed by atoms with van der Waals surface area (Å²) in [5, 5.41) is 11.4. The van der Waals surface area contributed by atoms with Crippen molar-refractivity contribution in [3.8, 4) is 11.8 Å². The summed E-state index contributed by atoms with van der Waals surface area (Å²) < 4.78 is 6.39. The number of nitrogens with zero attached hydrogens (tertiary/aromatic N) is 3. The molecule has 2 heterocycles. The van der Waals surface area contributed by atoms with E-state index in [0.29, 0.717) is 28.9 Å². The van der Waals surface area contributed by atoms with Crippen molar-refractivity contribution in [2.24, 2.45) is 0 Å². The van der Waals surface area contributed by atoms with Crippen LogP contribution in [0.3, 0.4) is 0 Å². The number of carbonyl (C=O) groups excluding carboxylic acids is 1. The fourth-order valence-corrected chi connectivity index (χ4v) is 5.47. The maximum Gasteiger partial charge on any atom is 0.229 e. The van der Waals surface area contributed by atoms with E-state index in [-0.39, 0.29) is 18.2 Å². The SMILES string of the molecule is COc1ccc(Br)cc1C1CC(=O)N2CN(c3ccc(C)c(Cl)c3)CSC2=C1C#N. The van der Waals surface area contributed by atoms with Gasteiger partial charge in [-0.15, -0.1) is 0 Å². The van der Waals surface area contributed by atoms with Gasteiger partial charge in [-0.2, -0.15) is 5.26 Å². The van der Waals surface area contributed by atoms with Gasteiger partial charge >= 0.3 is 0 Å². The van der Waals surface area contributed by atoms with E-state index in [4.69, 9.17) is 16.3 Å². The molecule has 1 saturated heterocycles. The molecule has 2 aliphatic rings. The van der Waals surface area contributed by atoms with E-state index in [1.807, 2.05) is 43.3 Å². The van der Waals surface area contributed by atoms with E-state index >= 15 is 0 Å². The third-order valence-electron chi connectivity index (χ3n) is 5.38. The summed E-state index contributed by atoms with van der Waals surface area (Å²) in [6, 6.07) is 13.9. The number of nitriles is 1. The number of ether oxygens (including phenoxy) is 1. The highest BCUT2D eigenvalue weighted by Gasteiger charge is 2.39. The Morgan fingerprint density at radius 1 is 1.30 bits per heavy atom. The van der Waals surface area contributed by atoms with Gasteiger partial charge in [-0.25, -0.2) is 0 Å². The third-order valence-corrected chi connectivity index (χ3v) is 7.44. The number of carbonyl (C=O) groups is 1. The van der Waals surface area contributed by atoms with E-state index in [1.165, 1.54) is 11.8 Å². The van der Waals surface area contributed by atoms with Crippen molar-refractivity contribution in [1.29, 1.82) is 5.26 Å². The first-order chi connectivity index (χ1) is 14.4. The minimum Gasteiger partial charge on any atom is -0.496 e. The van der Waals surface area contributed by atoms with E-state index < -0.39 is 0 Å². The fraction of sp³-hybridized carbons (Fsp3) is 0.273. The number of rotatable bonds is 3. The Balaban J connectivity index is 1.70. The van der Waals surface area contributed by atoms with Gasteiger partial charge in [0.15, 0.2) is 0 Å². The number of halogens is 2. The summed E-state index contributed by atoms with van der Waals surface area (Å²) in [6.07, 6.45) is 0.224. The van der Waals surface area contributed by atoms with Crippen LogP contribution in [-0.4, -0.2) is 30.5 Å². The summed E-state index contributed by atoms with van der Waals surface area (Å²) in [7, 11) is 1.60. The molecule has 2 aliphatic heterocycles. The molecule has 0 N–H and O–H groups in total. The molecule has 8 heteroatoms. The lowest BCUT2D eigenvalue weighted by Crippen LogP contribution is -2.47. The highest BCUT2D eigenvalue weighted by Crippen LogP contribution is 2.45. The molecule has 1 atom stereocenters. The van der Waals surface area contributed by atoms with Crippen molar-refractivity contribution in [2.45, 2.75) is 19.3 Å². The first kappa shape index (κ1) is 21.1. The second kappa shape index (κ2) is 8.54. The summed E-state index contributed by atoms with van der Waals surface area (Å²) >= 11 is 11.3. The molecule has 0 aliphatic carbocycles. The van der Waals surface area contributed by atoms with Crippen LogP contribution >= 0.6 is 39.3 Å². The number of benzene rings is 2. The quantitative estimate of drug-likeness (QED) is 0.541. The number of methoxy groups -OCH3 is 1. The normalized spacial score (nSPS) is 18.9. The van der Waals surface area contributed by atoms with E-state index in [1.54, 1.807) is 12.0 Å². The summed E-state index contributed by atoms with van der Waals surface area (Å²) in [6.45, 7) is 2.36. The Hall–Kier alpha value is -2.14. The highest BCUT2D eigenvalue weighted by molar-refractivity contribution is 9.10. The van der Waals surface area contributed by atoms with Crippen molar-refractivity contribution in [2.75, 3.05) is 24.6 Å². The van der Waals surface area contributed by atoms with Crippen LogP contribution in [0, 0.1) is 18.3 Å². The van der Waals surface area contributed by atoms with Crippen molar-refractivity contribution in [3.63, 3.8) is 0 Å². The zero-order chi connectivity index (χ0) is 21.4. The molecule has 0 aromatic heterocycles. The van der Waals surface area contributed by atoms with Gasteiger partial charge in [-0.1, -0.05) is 45.4 Å². The zero-order valence-electron chi connectivity index (χ0n) is 16.5. The van der Waals surface area contributed by atoms with Crippen LogP contribution in [0.15, 0.2) is 51.5 Å². The van der Waals surface area contributed by atoms with Crippen LogP contribution in [0.1, 0.15) is 23.5 Å². The van der Waals surface area contributed by atoms with Crippen LogP contribution in [0.5, 0.6) is 5.75 Å². The van der Waals surface area contributed by atoms with Crippen LogP contribution in [0.4, 0.5) is 5.69 Å². The Kier molecular flexibility index (Phi) is 6.01. The number of amides is 1. The molecule has 30 heavy (non-hydrogen) atoms. The number of aryl methyl sites for hydroxylation is 1. The molecule has 0 saturated carbocycles. The predicted molar refractivity (Wildman–Crippen MR) is 124 cm³/mol. The van der Waals surface area contributed by atoms with Gasteiger partial charge in [0.25, 0.3) is 0 Å². The average molecular weight is 505 g/mol. The first-order valence-electron chi connectivity index (χ1n) is 9.35. The molecule has 2 aromatic rings. The van der Waals surface area contributed by atoms with E-state index in [0.717, 1.165) is 26.3 Å². The smallest absolute Gasteiger partial charge is 0.229 e. The number of hydrogen-bond acceptors (Lipinski definition) is 5. The summed E-state index contributed by atoms with van der Waals surface area (Å²) in [4.78, 5) is 16.9. The van der Waals surface area contributed by atoms with Crippen LogP contribution in [0.2, 0.25) is 5.02 Å². The van der Waals surface area contributed by atoms with Gasteiger partial charge in [0.1, 0.15) is 5.75 Å². The molecule has 0 radical (unpaired) electrons. The maximum absolute atomic E-state index is 13.1. The second-order valence-electron chi connectivity index (χ2n) is 7.18.